The van der Waals surface area contributed by atoms with Gasteiger partial charge in [0.1, 0.15) is 6.04 Å². The van der Waals surface area contributed by atoms with Gasteiger partial charge in [-0.2, -0.15) is 0 Å². The quantitative estimate of drug-likeness (QED) is 0.748. The van der Waals surface area contributed by atoms with Crippen molar-refractivity contribution < 1.29 is 27.3 Å². The van der Waals surface area contributed by atoms with E-state index in [0.29, 0.717) is 4.90 Å². The fourth-order valence-corrected chi connectivity index (χ4v) is 3.37. The highest BCUT2D eigenvalue weighted by atomic mass is 32.2. The first-order valence-electron chi connectivity index (χ1n) is 7.70. The Morgan fingerprint density at radius 2 is 1.81 bits per heavy atom. The van der Waals surface area contributed by atoms with Crippen molar-refractivity contribution in [3.8, 4) is 0 Å². The van der Waals surface area contributed by atoms with E-state index in [9.17, 15) is 22.6 Å². The summed E-state index contributed by atoms with van der Waals surface area (Å²) in [5, 5.41) is 2.30. The molecule has 0 fully saturated rings. The number of carbonyl (C=O) groups is 2. The van der Waals surface area contributed by atoms with Crippen LogP contribution in [0.5, 0.6) is 0 Å². The van der Waals surface area contributed by atoms with E-state index in [1.54, 1.807) is 30.3 Å². The number of esters is 1. The number of benzene rings is 2. The highest BCUT2D eigenvalue weighted by Crippen LogP contribution is 2.13. The van der Waals surface area contributed by atoms with Gasteiger partial charge in [-0.3, -0.25) is 9.00 Å². The average molecular weight is 381 g/mol. The second-order valence-electron chi connectivity index (χ2n) is 5.30. The Bertz CT molecular complexity index is 814. The molecular weight excluding hydrogens is 364 g/mol. The fourth-order valence-electron chi connectivity index (χ4n) is 2.22. The zero-order chi connectivity index (χ0) is 19.1. The van der Waals surface area contributed by atoms with Crippen molar-refractivity contribution >= 4 is 22.7 Å². The molecule has 26 heavy (non-hydrogen) atoms. The van der Waals surface area contributed by atoms with E-state index in [2.05, 4.69) is 10.1 Å². The second-order valence-corrected chi connectivity index (χ2v) is 6.87. The number of rotatable bonds is 7. The molecule has 0 heterocycles. The molecule has 5 nitrogen and oxygen atoms in total. The third-order valence-electron chi connectivity index (χ3n) is 3.59. The van der Waals surface area contributed by atoms with Gasteiger partial charge in [-0.1, -0.05) is 24.3 Å². The number of hydrogen-bond donors (Lipinski definition) is 1. The van der Waals surface area contributed by atoms with E-state index in [4.69, 9.17) is 0 Å². The van der Waals surface area contributed by atoms with Crippen LogP contribution in [-0.4, -0.2) is 35.0 Å². The van der Waals surface area contributed by atoms with Crippen LogP contribution in [0.15, 0.2) is 53.4 Å². The molecule has 0 spiro atoms. The smallest absolute Gasteiger partial charge is 0.328 e. The molecule has 0 aliphatic rings. The van der Waals surface area contributed by atoms with E-state index in [1.807, 2.05) is 0 Å². The zero-order valence-corrected chi connectivity index (χ0v) is 14.7. The van der Waals surface area contributed by atoms with Gasteiger partial charge in [0.05, 0.1) is 23.5 Å². The largest absolute Gasteiger partial charge is 0.467 e. The molecule has 0 aliphatic carbocycles. The normalized spacial score (nSPS) is 12.9. The van der Waals surface area contributed by atoms with E-state index in [-0.39, 0.29) is 12.2 Å². The lowest BCUT2D eigenvalue weighted by atomic mass is 10.1. The van der Waals surface area contributed by atoms with Crippen LogP contribution in [0.25, 0.3) is 0 Å². The summed E-state index contributed by atoms with van der Waals surface area (Å²) in [5.74, 6) is -4.11. The molecule has 2 atom stereocenters. The molecule has 0 unspecified atom stereocenters. The van der Waals surface area contributed by atoms with Crippen molar-refractivity contribution in [2.75, 3.05) is 12.9 Å². The molecule has 8 heteroatoms. The number of amides is 1. The van der Waals surface area contributed by atoms with E-state index < -0.39 is 45.9 Å². The first kappa shape index (κ1) is 19.7. The second kappa shape index (κ2) is 9.19. The number of carbonyl (C=O) groups excluding carboxylic acids is 2. The minimum absolute atomic E-state index is 0.0108. The molecule has 0 aliphatic heterocycles. The third kappa shape index (κ3) is 4.95. The third-order valence-corrected chi connectivity index (χ3v) is 4.99. The van der Waals surface area contributed by atoms with Gasteiger partial charge in [-0.05, 0) is 30.7 Å². The highest BCUT2D eigenvalue weighted by Gasteiger charge is 2.25. The van der Waals surface area contributed by atoms with Crippen molar-refractivity contribution in [1.82, 2.24) is 5.32 Å². The van der Waals surface area contributed by atoms with Crippen LogP contribution in [0.4, 0.5) is 8.78 Å². The molecule has 1 amide bonds. The van der Waals surface area contributed by atoms with E-state index >= 15 is 0 Å². The number of halogens is 2. The van der Waals surface area contributed by atoms with Crippen LogP contribution in [0.2, 0.25) is 0 Å². The number of nitrogens with one attached hydrogen (secondary N) is 1. The van der Waals surface area contributed by atoms with Crippen molar-refractivity contribution in [3.63, 3.8) is 0 Å². The van der Waals surface area contributed by atoms with Crippen molar-refractivity contribution in [1.29, 1.82) is 0 Å². The molecule has 0 bridgehead atoms. The monoisotopic (exact) mass is 381 g/mol. The van der Waals surface area contributed by atoms with Crippen LogP contribution in [0.3, 0.4) is 0 Å². The van der Waals surface area contributed by atoms with E-state index in [1.165, 1.54) is 6.07 Å². The summed E-state index contributed by atoms with van der Waals surface area (Å²) in [5.41, 5.74) is -0.525. The van der Waals surface area contributed by atoms with Gasteiger partial charge < -0.3 is 10.1 Å². The fraction of sp³-hybridized carbons (Fsp3) is 0.222. The van der Waals surface area contributed by atoms with Crippen molar-refractivity contribution in [2.45, 2.75) is 17.4 Å². The Kier molecular flexibility index (Phi) is 6.97. The van der Waals surface area contributed by atoms with Gasteiger partial charge in [-0.15, -0.1) is 0 Å². The molecule has 0 saturated heterocycles. The van der Waals surface area contributed by atoms with E-state index in [0.717, 1.165) is 19.2 Å². The van der Waals surface area contributed by atoms with Crippen LogP contribution in [0, 0.1) is 11.6 Å². The first-order valence-corrected chi connectivity index (χ1v) is 9.02. The lowest BCUT2D eigenvalue weighted by molar-refractivity contribution is -0.142. The topological polar surface area (TPSA) is 72.5 Å². The maximum Gasteiger partial charge on any atom is 0.328 e. The standard InChI is InChI=1S/C18H17F2NO4S/c1-25-18(23)15(10-11-26(24)12-6-3-2-4-7-12)21-17(22)13-8-5-9-14(19)16(13)20/h2-9,15H,10-11H2,1H3,(H,21,22)/t15-,26-/m1/s1. The van der Waals surface area contributed by atoms with Crippen molar-refractivity contribution in [3.05, 3.63) is 65.7 Å². The summed E-state index contributed by atoms with van der Waals surface area (Å²) in [6, 6.07) is 10.7. The van der Waals surface area contributed by atoms with Gasteiger partial charge in [0.15, 0.2) is 11.6 Å². The van der Waals surface area contributed by atoms with Crippen LogP contribution < -0.4 is 5.32 Å². The van der Waals surface area contributed by atoms with Crippen molar-refractivity contribution in [2.24, 2.45) is 0 Å². The van der Waals surface area contributed by atoms with Crippen LogP contribution in [-0.2, 0) is 20.3 Å². The number of methoxy groups -OCH3 is 1. The summed E-state index contributed by atoms with van der Waals surface area (Å²) in [6.45, 7) is 0. The maximum atomic E-state index is 13.7. The Hall–Kier alpha value is -2.61. The summed E-state index contributed by atoms with van der Waals surface area (Å²) in [7, 11) is -0.246. The summed E-state index contributed by atoms with van der Waals surface area (Å²) >= 11 is 0. The minimum atomic E-state index is -1.38. The molecule has 2 aromatic carbocycles. The van der Waals surface area contributed by atoms with Crippen LogP contribution in [0.1, 0.15) is 16.8 Å². The molecule has 2 aromatic rings. The lowest BCUT2D eigenvalue weighted by Gasteiger charge is -2.16. The summed E-state index contributed by atoms with van der Waals surface area (Å²) < 4.78 is 43.8. The molecule has 0 saturated carbocycles. The SMILES string of the molecule is COC(=O)[C@@H](CC[S@@](=O)c1ccccc1)NC(=O)c1cccc(F)c1F. The maximum absolute atomic E-state index is 13.7. The summed E-state index contributed by atoms with van der Waals surface area (Å²) in [6.07, 6.45) is 0.0108. The predicted octanol–water partition coefficient (Wildman–Crippen LogP) is 2.43. The van der Waals surface area contributed by atoms with Gasteiger partial charge in [0.2, 0.25) is 0 Å². The van der Waals surface area contributed by atoms with Crippen LogP contribution >= 0.6 is 0 Å². The van der Waals surface area contributed by atoms with Gasteiger partial charge in [-0.25, -0.2) is 13.6 Å². The number of hydrogen-bond acceptors (Lipinski definition) is 4. The molecular formula is C18H17F2NO4S. The Labute approximate surface area is 151 Å². The molecule has 2 rings (SSSR count). The molecule has 0 radical (unpaired) electrons. The first-order chi connectivity index (χ1) is 12.4. The molecule has 0 aromatic heterocycles. The lowest BCUT2D eigenvalue weighted by Crippen LogP contribution is -2.42. The van der Waals surface area contributed by atoms with Gasteiger partial charge >= 0.3 is 5.97 Å². The highest BCUT2D eigenvalue weighted by molar-refractivity contribution is 7.85. The Morgan fingerprint density at radius 1 is 1.12 bits per heavy atom. The van der Waals surface area contributed by atoms with Gasteiger partial charge in [0.25, 0.3) is 5.91 Å². The average Bonchev–Trinajstić information content (AvgIpc) is 2.66. The Balaban J connectivity index is 2.08. The predicted molar refractivity (Wildman–Crippen MR) is 92.0 cm³/mol. The zero-order valence-electron chi connectivity index (χ0n) is 13.9. The minimum Gasteiger partial charge on any atom is -0.467 e. The van der Waals surface area contributed by atoms with Gasteiger partial charge in [0, 0.05) is 10.6 Å². The summed E-state index contributed by atoms with van der Waals surface area (Å²) in [4.78, 5) is 24.6. The Morgan fingerprint density at radius 3 is 2.46 bits per heavy atom. The molecule has 138 valence electrons. The molecule has 1 N–H and O–H groups in total. The number of ether oxygens (including phenoxy) is 1.